The van der Waals surface area contributed by atoms with Gasteiger partial charge in [-0.3, -0.25) is 0 Å². The number of thiophene rings is 1. The van der Waals surface area contributed by atoms with E-state index in [2.05, 4.69) is 22.8 Å². The molecule has 15 heavy (non-hydrogen) atoms. The predicted molar refractivity (Wildman–Crippen MR) is 64.1 cm³/mol. The molecule has 2 nitrogen and oxygen atoms in total. The van der Waals surface area contributed by atoms with Crippen molar-refractivity contribution in [2.24, 2.45) is 5.92 Å². The molecule has 0 bridgehead atoms. The number of rotatable bonds is 6. The minimum atomic E-state index is -0.194. The Balaban J connectivity index is 1.84. The summed E-state index contributed by atoms with van der Waals surface area (Å²) >= 11 is 1.83. The maximum atomic E-state index is 9.21. The first-order valence-corrected chi connectivity index (χ1v) is 6.60. The van der Waals surface area contributed by atoms with Gasteiger partial charge in [-0.05, 0) is 50.1 Å². The first-order valence-electron chi connectivity index (χ1n) is 5.72. The van der Waals surface area contributed by atoms with Crippen molar-refractivity contribution >= 4 is 11.3 Å². The third-order valence-electron chi connectivity index (χ3n) is 2.87. The summed E-state index contributed by atoms with van der Waals surface area (Å²) < 4.78 is 0. The van der Waals surface area contributed by atoms with E-state index >= 15 is 0 Å². The molecule has 84 valence electrons. The van der Waals surface area contributed by atoms with E-state index in [1.807, 2.05) is 18.3 Å². The molecule has 1 aromatic rings. The zero-order chi connectivity index (χ0) is 10.7. The van der Waals surface area contributed by atoms with Crippen LogP contribution in [0.25, 0.3) is 0 Å². The number of hydrogen-bond acceptors (Lipinski definition) is 3. The van der Waals surface area contributed by atoms with Gasteiger partial charge in [-0.25, -0.2) is 0 Å². The van der Waals surface area contributed by atoms with Crippen molar-refractivity contribution in [1.29, 1.82) is 0 Å². The molecule has 1 fully saturated rings. The molecule has 0 aromatic carbocycles. The minimum Gasteiger partial charge on any atom is -0.393 e. The lowest BCUT2D eigenvalue weighted by Gasteiger charge is -2.17. The van der Waals surface area contributed by atoms with E-state index in [4.69, 9.17) is 0 Å². The first kappa shape index (κ1) is 11.1. The van der Waals surface area contributed by atoms with Gasteiger partial charge in [-0.15, -0.1) is 11.3 Å². The quantitative estimate of drug-likeness (QED) is 0.780. The van der Waals surface area contributed by atoms with Crippen LogP contribution in [0.1, 0.15) is 37.1 Å². The highest BCUT2D eigenvalue weighted by atomic mass is 32.1. The van der Waals surface area contributed by atoms with Crippen molar-refractivity contribution in [2.45, 2.75) is 38.3 Å². The van der Waals surface area contributed by atoms with E-state index in [-0.39, 0.29) is 6.10 Å². The fourth-order valence-electron chi connectivity index (χ4n) is 1.85. The summed E-state index contributed by atoms with van der Waals surface area (Å²) in [5.74, 6) is 0.831. The molecular formula is C12H19NOS. The fourth-order valence-corrected chi connectivity index (χ4v) is 2.74. The Kier molecular flexibility index (Phi) is 3.78. The van der Waals surface area contributed by atoms with Gasteiger partial charge in [0.1, 0.15) is 0 Å². The Bertz CT molecular complexity index is 280. The largest absolute Gasteiger partial charge is 0.393 e. The van der Waals surface area contributed by atoms with Gasteiger partial charge in [0, 0.05) is 10.9 Å². The summed E-state index contributed by atoms with van der Waals surface area (Å²) in [4.78, 5) is 1.45. The second-order valence-electron chi connectivity index (χ2n) is 4.42. The highest BCUT2D eigenvalue weighted by Crippen LogP contribution is 2.42. The molecule has 1 aliphatic rings. The molecule has 0 spiro atoms. The molecule has 1 aromatic heterocycles. The molecular weight excluding hydrogens is 206 g/mol. The van der Waals surface area contributed by atoms with E-state index in [0.717, 1.165) is 18.9 Å². The van der Waals surface area contributed by atoms with Crippen LogP contribution in [0.15, 0.2) is 17.5 Å². The maximum Gasteiger partial charge on any atom is 0.0524 e. The molecule has 1 saturated carbocycles. The topological polar surface area (TPSA) is 32.3 Å². The minimum absolute atomic E-state index is 0.194. The van der Waals surface area contributed by atoms with Crippen molar-refractivity contribution in [2.75, 3.05) is 6.54 Å². The molecule has 0 saturated heterocycles. The number of aliphatic hydroxyl groups excluding tert-OH is 1. The Morgan fingerprint density at radius 2 is 2.40 bits per heavy atom. The Labute approximate surface area is 95.3 Å². The number of aliphatic hydroxyl groups is 1. The predicted octanol–water partition coefficient (Wildman–Crippen LogP) is 2.56. The summed E-state index contributed by atoms with van der Waals surface area (Å²) in [5, 5.41) is 14.9. The van der Waals surface area contributed by atoms with E-state index in [1.165, 1.54) is 17.7 Å². The van der Waals surface area contributed by atoms with Gasteiger partial charge in [-0.1, -0.05) is 6.07 Å². The van der Waals surface area contributed by atoms with Crippen LogP contribution >= 0.6 is 11.3 Å². The smallest absolute Gasteiger partial charge is 0.0524 e. The van der Waals surface area contributed by atoms with Crippen LogP contribution in [0.3, 0.4) is 0 Å². The zero-order valence-corrected chi connectivity index (χ0v) is 9.96. The molecule has 2 N–H and O–H groups in total. The van der Waals surface area contributed by atoms with Gasteiger partial charge >= 0.3 is 0 Å². The normalized spacial score (nSPS) is 20.1. The molecule has 0 amide bonds. The highest BCUT2D eigenvalue weighted by Gasteiger charge is 2.32. The van der Waals surface area contributed by atoms with Gasteiger partial charge < -0.3 is 10.4 Å². The molecule has 2 rings (SSSR count). The number of nitrogens with one attached hydrogen (secondary N) is 1. The molecule has 1 heterocycles. The highest BCUT2D eigenvalue weighted by molar-refractivity contribution is 7.10. The third-order valence-corrected chi connectivity index (χ3v) is 3.82. The Hall–Kier alpha value is -0.380. The summed E-state index contributed by atoms with van der Waals surface area (Å²) in [6.45, 7) is 2.76. The molecule has 0 radical (unpaired) electrons. The average Bonchev–Trinajstić information content (AvgIpc) is 2.88. The van der Waals surface area contributed by atoms with Crippen LogP contribution in [0, 0.1) is 5.92 Å². The van der Waals surface area contributed by atoms with E-state index < -0.39 is 0 Å². The lowest BCUT2D eigenvalue weighted by atomic mass is 10.1. The van der Waals surface area contributed by atoms with E-state index in [0.29, 0.717) is 6.04 Å². The first-order chi connectivity index (χ1) is 7.27. The van der Waals surface area contributed by atoms with E-state index in [1.54, 1.807) is 0 Å². The molecule has 2 atom stereocenters. The second kappa shape index (κ2) is 5.10. The zero-order valence-electron chi connectivity index (χ0n) is 9.15. The van der Waals surface area contributed by atoms with Crippen molar-refractivity contribution in [1.82, 2.24) is 5.32 Å². The van der Waals surface area contributed by atoms with Gasteiger partial charge in [0.2, 0.25) is 0 Å². The van der Waals surface area contributed by atoms with Crippen molar-refractivity contribution in [3.05, 3.63) is 22.4 Å². The lowest BCUT2D eigenvalue weighted by Crippen LogP contribution is -2.25. The second-order valence-corrected chi connectivity index (χ2v) is 5.40. The van der Waals surface area contributed by atoms with Crippen LogP contribution < -0.4 is 5.32 Å². The van der Waals surface area contributed by atoms with E-state index in [9.17, 15) is 5.11 Å². The van der Waals surface area contributed by atoms with Gasteiger partial charge in [0.25, 0.3) is 0 Å². The fraction of sp³-hybridized carbons (Fsp3) is 0.667. The van der Waals surface area contributed by atoms with Crippen molar-refractivity contribution in [3.63, 3.8) is 0 Å². The third kappa shape index (κ3) is 3.30. The monoisotopic (exact) mass is 225 g/mol. The summed E-state index contributed by atoms with van der Waals surface area (Å²) in [7, 11) is 0. The van der Waals surface area contributed by atoms with Crippen LogP contribution in [-0.4, -0.2) is 17.8 Å². The Morgan fingerprint density at radius 1 is 1.60 bits per heavy atom. The molecule has 3 heteroatoms. The molecule has 0 aliphatic heterocycles. The number of hydrogen-bond donors (Lipinski definition) is 2. The van der Waals surface area contributed by atoms with Crippen molar-refractivity contribution in [3.8, 4) is 0 Å². The Morgan fingerprint density at radius 3 is 2.93 bits per heavy atom. The van der Waals surface area contributed by atoms with Crippen LogP contribution in [-0.2, 0) is 0 Å². The summed E-state index contributed by atoms with van der Waals surface area (Å²) in [6, 6.07) is 4.86. The summed E-state index contributed by atoms with van der Waals surface area (Å²) in [6.07, 6.45) is 3.35. The van der Waals surface area contributed by atoms with Crippen LogP contribution in [0.2, 0.25) is 0 Å². The standard InChI is InChI=1S/C12H19NOS/c1-9(14)6-7-13-12(10-4-5-10)11-3-2-8-15-11/h2-3,8-10,12-14H,4-7H2,1H3. The van der Waals surface area contributed by atoms with Crippen LogP contribution in [0.4, 0.5) is 0 Å². The van der Waals surface area contributed by atoms with Crippen LogP contribution in [0.5, 0.6) is 0 Å². The van der Waals surface area contributed by atoms with Gasteiger partial charge in [0.15, 0.2) is 0 Å². The summed E-state index contributed by atoms with van der Waals surface area (Å²) in [5.41, 5.74) is 0. The van der Waals surface area contributed by atoms with Gasteiger partial charge in [0.05, 0.1) is 6.10 Å². The maximum absolute atomic E-state index is 9.21. The molecule has 1 aliphatic carbocycles. The average molecular weight is 225 g/mol. The molecule has 2 unspecified atom stereocenters. The SMILES string of the molecule is CC(O)CCNC(c1cccs1)C1CC1. The van der Waals surface area contributed by atoms with Crippen molar-refractivity contribution < 1.29 is 5.11 Å². The lowest BCUT2D eigenvalue weighted by molar-refractivity contribution is 0.181. The van der Waals surface area contributed by atoms with Gasteiger partial charge in [-0.2, -0.15) is 0 Å².